The van der Waals surface area contributed by atoms with Crippen molar-refractivity contribution in [1.29, 1.82) is 0 Å². The molecule has 0 bridgehead atoms. The zero-order valence-corrected chi connectivity index (χ0v) is 19.7. The zero-order valence-electron chi connectivity index (χ0n) is 19.7. The largest absolute Gasteiger partial charge is 0.381 e. The molecular formula is C26H29N5O3. The monoisotopic (exact) mass is 459 g/mol. The standard InChI is InChI=1S/C26H29N5O3/c1-16-11-23-21(13-20(16)25(32)27-14-17-5-4-6-19(12-17)30(2)3)24-22(26(33)29-23)15-28-31(24)18-7-9-34-10-8-18/h4-6,11-13,15,18H,7-10,14H2,1-3H3,(H,27,32)(H,29,33). The van der Waals surface area contributed by atoms with Crippen LogP contribution in [0.25, 0.3) is 21.8 Å². The van der Waals surface area contributed by atoms with Gasteiger partial charge in [-0.05, 0) is 55.2 Å². The number of rotatable bonds is 5. The molecule has 0 atom stereocenters. The molecule has 0 unspecified atom stereocenters. The van der Waals surface area contributed by atoms with Crippen molar-refractivity contribution in [3.63, 3.8) is 0 Å². The molecule has 4 aromatic rings. The number of carbonyl (C=O) groups excluding carboxylic acids is 1. The minimum absolute atomic E-state index is 0.147. The fourth-order valence-electron chi connectivity index (χ4n) is 4.67. The van der Waals surface area contributed by atoms with E-state index in [0.717, 1.165) is 40.6 Å². The van der Waals surface area contributed by atoms with Crippen LogP contribution in [0.5, 0.6) is 0 Å². The van der Waals surface area contributed by atoms with Crippen LogP contribution in [0.15, 0.2) is 47.4 Å². The van der Waals surface area contributed by atoms with Gasteiger partial charge >= 0.3 is 0 Å². The van der Waals surface area contributed by atoms with Crippen LogP contribution in [-0.4, -0.2) is 48.0 Å². The van der Waals surface area contributed by atoms with Gasteiger partial charge in [0.2, 0.25) is 0 Å². The summed E-state index contributed by atoms with van der Waals surface area (Å²) in [5.41, 5.74) is 4.82. The van der Waals surface area contributed by atoms with Gasteiger partial charge in [0.1, 0.15) is 0 Å². The van der Waals surface area contributed by atoms with E-state index in [4.69, 9.17) is 4.74 Å². The lowest BCUT2D eigenvalue weighted by Gasteiger charge is -2.23. The Hall–Kier alpha value is -3.65. The number of nitrogens with zero attached hydrogens (tertiary/aromatic N) is 3. The summed E-state index contributed by atoms with van der Waals surface area (Å²) in [6.07, 6.45) is 3.31. The number of hydrogen-bond acceptors (Lipinski definition) is 5. The van der Waals surface area contributed by atoms with E-state index in [-0.39, 0.29) is 17.5 Å². The number of pyridine rings is 1. The number of hydrogen-bond donors (Lipinski definition) is 2. The number of fused-ring (bicyclic) bond motifs is 3. The van der Waals surface area contributed by atoms with E-state index in [1.807, 2.05) is 60.9 Å². The summed E-state index contributed by atoms with van der Waals surface area (Å²) in [5, 5.41) is 8.97. The van der Waals surface area contributed by atoms with Crippen molar-refractivity contribution in [3.8, 4) is 0 Å². The summed E-state index contributed by atoms with van der Waals surface area (Å²) in [7, 11) is 3.98. The van der Waals surface area contributed by atoms with Crippen molar-refractivity contribution in [2.45, 2.75) is 32.4 Å². The molecule has 2 N–H and O–H groups in total. The summed E-state index contributed by atoms with van der Waals surface area (Å²) in [6.45, 7) is 3.67. The van der Waals surface area contributed by atoms with E-state index < -0.39 is 0 Å². The predicted molar refractivity (Wildman–Crippen MR) is 134 cm³/mol. The van der Waals surface area contributed by atoms with E-state index in [1.165, 1.54) is 0 Å². The van der Waals surface area contributed by atoms with Crippen LogP contribution in [0.1, 0.15) is 40.4 Å². The number of ether oxygens (including phenoxy) is 1. The summed E-state index contributed by atoms with van der Waals surface area (Å²) in [6, 6.07) is 12.0. The lowest BCUT2D eigenvalue weighted by molar-refractivity contribution is 0.0675. The molecule has 1 saturated heterocycles. The molecule has 3 heterocycles. The maximum absolute atomic E-state index is 13.2. The fourth-order valence-corrected chi connectivity index (χ4v) is 4.67. The van der Waals surface area contributed by atoms with Gasteiger partial charge < -0.3 is 19.9 Å². The molecule has 0 radical (unpaired) electrons. The normalized spacial score (nSPS) is 14.6. The molecule has 8 nitrogen and oxygen atoms in total. The molecule has 1 aliphatic rings. The van der Waals surface area contributed by atoms with E-state index in [1.54, 1.807) is 6.20 Å². The van der Waals surface area contributed by atoms with Gasteiger partial charge in [-0.2, -0.15) is 5.10 Å². The Kier molecular flexibility index (Phi) is 5.83. The quantitative estimate of drug-likeness (QED) is 0.476. The molecule has 1 fully saturated rings. The second-order valence-corrected chi connectivity index (χ2v) is 9.11. The molecule has 0 spiro atoms. The predicted octanol–water partition coefficient (Wildman–Crippen LogP) is 3.53. The summed E-state index contributed by atoms with van der Waals surface area (Å²) in [5.74, 6) is -0.147. The van der Waals surface area contributed by atoms with Gasteiger partial charge in [0.05, 0.1) is 28.7 Å². The molecule has 8 heteroatoms. The number of nitrogens with one attached hydrogen (secondary N) is 2. The number of carbonyl (C=O) groups is 1. The molecule has 1 amide bonds. The number of aromatic amines is 1. The first-order chi connectivity index (χ1) is 16.4. The Balaban J connectivity index is 1.52. The van der Waals surface area contributed by atoms with Crippen LogP contribution in [0.4, 0.5) is 5.69 Å². The van der Waals surface area contributed by atoms with Gasteiger partial charge in [0.15, 0.2) is 0 Å². The highest BCUT2D eigenvalue weighted by Gasteiger charge is 2.22. The molecule has 2 aromatic carbocycles. The highest BCUT2D eigenvalue weighted by molar-refractivity contribution is 6.07. The molecule has 176 valence electrons. The highest BCUT2D eigenvalue weighted by atomic mass is 16.5. The van der Waals surface area contributed by atoms with Crippen molar-refractivity contribution in [3.05, 3.63) is 69.6 Å². The van der Waals surface area contributed by atoms with Crippen LogP contribution in [0.2, 0.25) is 0 Å². The first kappa shape index (κ1) is 22.2. The molecule has 0 aliphatic carbocycles. The maximum Gasteiger partial charge on any atom is 0.259 e. The van der Waals surface area contributed by atoms with Crippen molar-refractivity contribution >= 4 is 33.4 Å². The van der Waals surface area contributed by atoms with Gasteiger partial charge in [-0.1, -0.05) is 12.1 Å². The van der Waals surface area contributed by atoms with Gasteiger partial charge in [0.25, 0.3) is 11.5 Å². The van der Waals surface area contributed by atoms with Gasteiger partial charge in [-0.15, -0.1) is 0 Å². The van der Waals surface area contributed by atoms with E-state index >= 15 is 0 Å². The summed E-state index contributed by atoms with van der Waals surface area (Å²) in [4.78, 5) is 30.9. The number of H-pyrrole nitrogens is 1. The Morgan fingerprint density at radius 3 is 2.76 bits per heavy atom. The fraction of sp³-hybridized carbons (Fsp3) is 0.346. The van der Waals surface area contributed by atoms with E-state index in [2.05, 4.69) is 21.5 Å². The highest BCUT2D eigenvalue weighted by Crippen LogP contribution is 2.29. The summed E-state index contributed by atoms with van der Waals surface area (Å²) < 4.78 is 7.45. The molecule has 5 rings (SSSR count). The lowest BCUT2D eigenvalue weighted by atomic mass is 10.0. The van der Waals surface area contributed by atoms with E-state index in [0.29, 0.717) is 36.2 Å². The average molecular weight is 460 g/mol. The molecule has 1 aliphatic heterocycles. The molecule has 2 aromatic heterocycles. The number of amides is 1. The van der Waals surface area contributed by atoms with Crippen molar-refractivity contribution in [2.24, 2.45) is 0 Å². The molecule has 34 heavy (non-hydrogen) atoms. The van der Waals surface area contributed by atoms with Crippen LogP contribution < -0.4 is 15.8 Å². The van der Waals surface area contributed by atoms with Crippen LogP contribution in [0.3, 0.4) is 0 Å². The van der Waals surface area contributed by atoms with Crippen LogP contribution in [-0.2, 0) is 11.3 Å². The Labute approximate surface area is 197 Å². The van der Waals surface area contributed by atoms with Crippen LogP contribution in [0, 0.1) is 6.92 Å². The second kappa shape index (κ2) is 8.95. The average Bonchev–Trinajstić information content (AvgIpc) is 3.29. The Morgan fingerprint density at radius 2 is 2.00 bits per heavy atom. The number of aromatic nitrogens is 3. The maximum atomic E-state index is 13.2. The first-order valence-electron chi connectivity index (χ1n) is 11.6. The number of anilines is 1. The van der Waals surface area contributed by atoms with E-state index in [9.17, 15) is 9.59 Å². The van der Waals surface area contributed by atoms with Crippen molar-refractivity contribution in [2.75, 3.05) is 32.2 Å². The smallest absolute Gasteiger partial charge is 0.259 e. The SMILES string of the molecule is Cc1cc2[nH]c(=O)c3cnn(C4CCOCC4)c3c2cc1C(=O)NCc1cccc(N(C)C)c1. The van der Waals surface area contributed by atoms with Crippen molar-refractivity contribution in [1.82, 2.24) is 20.1 Å². The Morgan fingerprint density at radius 1 is 1.21 bits per heavy atom. The number of aryl methyl sites for hydroxylation is 1. The molecular weight excluding hydrogens is 430 g/mol. The lowest BCUT2D eigenvalue weighted by Crippen LogP contribution is -2.24. The molecule has 0 saturated carbocycles. The van der Waals surface area contributed by atoms with Crippen LogP contribution >= 0.6 is 0 Å². The van der Waals surface area contributed by atoms with Gasteiger partial charge in [-0.3, -0.25) is 14.3 Å². The summed E-state index contributed by atoms with van der Waals surface area (Å²) >= 11 is 0. The topological polar surface area (TPSA) is 92.2 Å². The second-order valence-electron chi connectivity index (χ2n) is 9.11. The number of benzene rings is 2. The minimum atomic E-state index is -0.168. The van der Waals surface area contributed by atoms with Gasteiger partial charge in [-0.25, -0.2) is 0 Å². The van der Waals surface area contributed by atoms with Gasteiger partial charge in [0, 0.05) is 50.5 Å². The minimum Gasteiger partial charge on any atom is -0.381 e. The third-order valence-electron chi connectivity index (χ3n) is 6.57. The first-order valence-corrected chi connectivity index (χ1v) is 11.6. The third kappa shape index (κ3) is 4.05. The third-order valence-corrected chi connectivity index (χ3v) is 6.57. The van der Waals surface area contributed by atoms with Crippen molar-refractivity contribution < 1.29 is 9.53 Å². The Bertz CT molecular complexity index is 1430. The zero-order chi connectivity index (χ0) is 23.8.